The fraction of sp³-hybridized carbons (Fsp3) is 0.800. The van der Waals surface area contributed by atoms with Crippen molar-refractivity contribution in [2.24, 2.45) is 11.7 Å². The minimum absolute atomic E-state index is 0. The van der Waals surface area contributed by atoms with Gasteiger partial charge in [0, 0.05) is 19.0 Å². The van der Waals surface area contributed by atoms with Crippen molar-refractivity contribution in [2.45, 2.75) is 32.7 Å². The Morgan fingerprint density at radius 3 is 2.38 bits per heavy atom. The zero-order valence-electron chi connectivity index (χ0n) is 9.99. The fourth-order valence-electron chi connectivity index (χ4n) is 0.999. The van der Waals surface area contributed by atoms with Crippen molar-refractivity contribution in [3.05, 3.63) is 0 Å². The molecule has 0 radical (unpaired) electrons. The maximum absolute atomic E-state index is 11.2. The summed E-state index contributed by atoms with van der Waals surface area (Å²) in [4.78, 5) is 22.2. The largest absolute Gasteiger partial charge is 0.469 e. The van der Waals surface area contributed by atoms with Crippen LogP contribution in [0.15, 0.2) is 0 Å². The number of methoxy groups -OCH3 is 1. The Labute approximate surface area is 103 Å². The third kappa shape index (κ3) is 8.49. The first-order valence-corrected chi connectivity index (χ1v) is 5.07. The molecule has 2 unspecified atom stereocenters. The highest BCUT2D eigenvalue weighted by Crippen LogP contribution is 1.97. The Kier molecular flexibility index (Phi) is 10.3. The lowest BCUT2D eigenvalue weighted by molar-refractivity contribution is -0.144. The van der Waals surface area contributed by atoms with E-state index < -0.39 is 0 Å². The van der Waals surface area contributed by atoms with Crippen molar-refractivity contribution < 1.29 is 14.3 Å². The molecule has 0 spiro atoms. The number of esters is 1. The van der Waals surface area contributed by atoms with Gasteiger partial charge in [0.2, 0.25) is 5.91 Å². The normalized spacial score (nSPS) is 13.2. The number of carbonyl (C=O) groups is 2. The van der Waals surface area contributed by atoms with Crippen molar-refractivity contribution in [2.75, 3.05) is 13.7 Å². The van der Waals surface area contributed by atoms with Gasteiger partial charge in [-0.1, -0.05) is 6.92 Å². The molecule has 0 aromatic rings. The molecule has 0 heterocycles. The molecule has 0 fully saturated rings. The maximum atomic E-state index is 11.2. The number of ether oxygens (including phenoxy) is 1. The predicted molar refractivity (Wildman–Crippen MR) is 64.3 cm³/mol. The molecule has 1 amide bonds. The van der Waals surface area contributed by atoms with Crippen LogP contribution in [0.4, 0.5) is 0 Å². The summed E-state index contributed by atoms with van der Waals surface area (Å²) in [5.41, 5.74) is 5.51. The lowest BCUT2D eigenvalue weighted by Crippen LogP contribution is -2.32. The molecule has 16 heavy (non-hydrogen) atoms. The second-order valence-electron chi connectivity index (χ2n) is 3.74. The molecule has 0 aliphatic carbocycles. The summed E-state index contributed by atoms with van der Waals surface area (Å²) >= 11 is 0. The van der Waals surface area contributed by atoms with E-state index in [2.05, 4.69) is 10.1 Å². The van der Waals surface area contributed by atoms with Gasteiger partial charge in [-0.05, 0) is 13.3 Å². The number of amides is 1. The molecule has 0 aromatic carbocycles. The monoisotopic (exact) mass is 252 g/mol. The van der Waals surface area contributed by atoms with E-state index in [9.17, 15) is 9.59 Å². The lowest BCUT2D eigenvalue weighted by atomic mass is 10.1. The van der Waals surface area contributed by atoms with E-state index in [1.807, 2.05) is 6.92 Å². The minimum Gasteiger partial charge on any atom is -0.469 e. The highest BCUT2D eigenvalue weighted by Gasteiger charge is 2.13. The molecule has 0 aliphatic heterocycles. The molecule has 0 saturated carbocycles. The molecule has 0 rings (SSSR count). The standard InChI is InChI=1S/C10H20N2O3.ClH/c1-7(10(14)15-3)6-12-9(13)5-4-8(2)11;/h7-8H,4-6,11H2,1-3H3,(H,12,13);1H. The lowest BCUT2D eigenvalue weighted by Gasteiger charge is -2.10. The molecule has 0 bridgehead atoms. The summed E-state index contributed by atoms with van der Waals surface area (Å²) < 4.78 is 4.53. The summed E-state index contributed by atoms with van der Waals surface area (Å²) in [6, 6.07) is 0.0220. The van der Waals surface area contributed by atoms with Crippen LogP contribution in [-0.4, -0.2) is 31.6 Å². The molecule has 0 saturated heterocycles. The van der Waals surface area contributed by atoms with E-state index in [0.717, 1.165) is 0 Å². The Morgan fingerprint density at radius 1 is 1.38 bits per heavy atom. The summed E-state index contributed by atoms with van der Waals surface area (Å²) in [6.07, 6.45) is 1.05. The highest BCUT2D eigenvalue weighted by molar-refractivity contribution is 5.85. The van der Waals surface area contributed by atoms with Gasteiger partial charge in [-0.3, -0.25) is 9.59 Å². The van der Waals surface area contributed by atoms with Crippen LogP contribution in [0.1, 0.15) is 26.7 Å². The van der Waals surface area contributed by atoms with Gasteiger partial charge in [0.15, 0.2) is 0 Å². The SMILES string of the molecule is COC(=O)C(C)CNC(=O)CCC(C)N.Cl. The fourth-order valence-corrected chi connectivity index (χ4v) is 0.999. The smallest absolute Gasteiger partial charge is 0.310 e. The molecule has 0 aromatic heterocycles. The summed E-state index contributed by atoms with van der Waals surface area (Å²) in [5, 5.41) is 2.66. The van der Waals surface area contributed by atoms with Crippen molar-refractivity contribution in [3.63, 3.8) is 0 Å². The number of nitrogens with one attached hydrogen (secondary N) is 1. The first-order chi connectivity index (χ1) is 6.97. The maximum Gasteiger partial charge on any atom is 0.310 e. The van der Waals surface area contributed by atoms with Crippen molar-refractivity contribution >= 4 is 24.3 Å². The van der Waals surface area contributed by atoms with Crippen LogP contribution in [0.25, 0.3) is 0 Å². The average molecular weight is 253 g/mol. The second kappa shape index (κ2) is 9.42. The average Bonchev–Trinajstić information content (AvgIpc) is 2.21. The van der Waals surface area contributed by atoms with Crippen LogP contribution in [0.3, 0.4) is 0 Å². The number of rotatable bonds is 6. The summed E-state index contributed by atoms with van der Waals surface area (Å²) in [7, 11) is 1.33. The van der Waals surface area contributed by atoms with E-state index in [4.69, 9.17) is 5.73 Å². The van der Waals surface area contributed by atoms with Crippen molar-refractivity contribution in [1.82, 2.24) is 5.32 Å². The molecule has 5 nitrogen and oxygen atoms in total. The summed E-state index contributed by atoms with van der Waals surface area (Å²) in [6.45, 7) is 3.87. The zero-order valence-corrected chi connectivity index (χ0v) is 10.8. The molecule has 2 atom stereocenters. The predicted octanol–water partition coefficient (Wildman–Crippen LogP) is 0.461. The van der Waals surface area contributed by atoms with Crippen LogP contribution in [0.5, 0.6) is 0 Å². The Morgan fingerprint density at radius 2 is 1.94 bits per heavy atom. The van der Waals surface area contributed by atoms with Gasteiger partial charge in [0.05, 0.1) is 13.0 Å². The molecule has 0 aliphatic rings. The van der Waals surface area contributed by atoms with E-state index in [1.165, 1.54) is 7.11 Å². The molecule has 3 N–H and O–H groups in total. The van der Waals surface area contributed by atoms with Gasteiger partial charge in [-0.25, -0.2) is 0 Å². The highest BCUT2D eigenvalue weighted by atomic mass is 35.5. The van der Waals surface area contributed by atoms with Gasteiger partial charge in [-0.15, -0.1) is 12.4 Å². The van der Waals surface area contributed by atoms with Crippen LogP contribution in [0.2, 0.25) is 0 Å². The first-order valence-electron chi connectivity index (χ1n) is 5.07. The molecular formula is C10H21ClN2O3. The Hall–Kier alpha value is -0.810. The third-order valence-electron chi connectivity index (χ3n) is 2.04. The summed E-state index contributed by atoms with van der Waals surface area (Å²) in [5.74, 6) is -0.709. The quantitative estimate of drug-likeness (QED) is 0.673. The Bertz CT molecular complexity index is 222. The van der Waals surface area contributed by atoms with E-state index in [1.54, 1.807) is 6.92 Å². The van der Waals surface area contributed by atoms with E-state index in [0.29, 0.717) is 19.4 Å². The topological polar surface area (TPSA) is 81.4 Å². The van der Waals surface area contributed by atoms with E-state index in [-0.39, 0.29) is 36.2 Å². The van der Waals surface area contributed by atoms with Gasteiger partial charge in [0.1, 0.15) is 0 Å². The van der Waals surface area contributed by atoms with Crippen LogP contribution in [0, 0.1) is 5.92 Å². The number of halogens is 1. The Balaban J connectivity index is 0. The van der Waals surface area contributed by atoms with Crippen molar-refractivity contribution in [3.8, 4) is 0 Å². The van der Waals surface area contributed by atoms with Gasteiger partial charge in [0.25, 0.3) is 0 Å². The van der Waals surface area contributed by atoms with Gasteiger partial charge >= 0.3 is 5.97 Å². The van der Waals surface area contributed by atoms with Gasteiger partial charge < -0.3 is 15.8 Å². The number of hydrogen-bond acceptors (Lipinski definition) is 4. The van der Waals surface area contributed by atoms with Crippen LogP contribution in [-0.2, 0) is 14.3 Å². The number of hydrogen-bond donors (Lipinski definition) is 2. The third-order valence-corrected chi connectivity index (χ3v) is 2.04. The van der Waals surface area contributed by atoms with Crippen LogP contribution < -0.4 is 11.1 Å². The first kappa shape index (κ1) is 17.6. The van der Waals surface area contributed by atoms with E-state index >= 15 is 0 Å². The zero-order chi connectivity index (χ0) is 11.8. The number of nitrogens with two attached hydrogens (primary N) is 1. The second-order valence-corrected chi connectivity index (χ2v) is 3.74. The molecular weight excluding hydrogens is 232 g/mol. The number of carbonyl (C=O) groups excluding carboxylic acids is 2. The van der Waals surface area contributed by atoms with Gasteiger partial charge in [-0.2, -0.15) is 0 Å². The van der Waals surface area contributed by atoms with Crippen LogP contribution >= 0.6 is 12.4 Å². The molecule has 6 heteroatoms. The molecule has 96 valence electrons. The minimum atomic E-state index is -0.317. The van der Waals surface area contributed by atoms with Crippen molar-refractivity contribution in [1.29, 1.82) is 0 Å².